The minimum Gasteiger partial charge on any atom is -0.309 e. The molecule has 10 aromatic carbocycles. The van der Waals surface area contributed by atoms with Crippen molar-refractivity contribution in [3.63, 3.8) is 0 Å². The van der Waals surface area contributed by atoms with Crippen molar-refractivity contribution in [3.8, 4) is 50.2 Å². The fourth-order valence-corrected chi connectivity index (χ4v) is 8.88. The molecule has 0 aliphatic rings. The molecule has 1 nitrogen and oxygen atoms in total. The Bertz CT molecular complexity index is 3160. The van der Waals surface area contributed by atoms with E-state index in [1.807, 2.05) is 0 Å². The van der Waals surface area contributed by atoms with Crippen LogP contribution in [0, 0.1) is 0 Å². The lowest BCUT2D eigenvalue weighted by molar-refractivity contribution is 1.18. The lowest BCUT2D eigenvalue weighted by atomic mass is 9.86. The number of fused-ring (bicyclic) bond motifs is 6. The van der Waals surface area contributed by atoms with Crippen molar-refractivity contribution in [3.05, 3.63) is 212 Å². The molecule has 0 atom stereocenters. The van der Waals surface area contributed by atoms with Crippen LogP contribution in [0.25, 0.3) is 104 Å². The summed E-state index contributed by atoms with van der Waals surface area (Å²) in [6.45, 7) is 0. The highest BCUT2D eigenvalue weighted by Gasteiger charge is 2.18. The summed E-state index contributed by atoms with van der Waals surface area (Å²) in [5, 5.41) is 10.1. The number of para-hydroxylation sites is 1. The van der Waals surface area contributed by atoms with Crippen molar-refractivity contribution in [2.45, 2.75) is 0 Å². The Morgan fingerprint density at radius 1 is 0.255 bits per heavy atom. The van der Waals surface area contributed by atoms with E-state index in [1.165, 1.54) is 98.6 Å². The first-order valence-corrected chi connectivity index (χ1v) is 19.0. The van der Waals surface area contributed by atoms with Crippen molar-refractivity contribution in [2.24, 2.45) is 0 Å². The van der Waals surface area contributed by atoms with Gasteiger partial charge in [0.2, 0.25) is 0 Å². The number of hydrogen-bond acceptors (Lipinski definition) is 0. The largest absolute Gasteiger partial charge is 0.309 e. The van der Waals surface area contributed by atoms with Crippen molar-refractivity contribution in [2.75, 3.05) is 0 Å². The highest BCUT2D eigenvalue weighted by Crippen LogP contribution is 2.44. The van der Waals surface area contributed by atoms with E-state index in [-0.39, 0.29) is 0 Å². The van der Waals surface area contributed by atoms with Gasteiger partial charge in [-0.3, -0.25) is 0 Å². The minimum absolute atomic E-state index is 1.15. The average molecular weight is 698 g/mol. The van der Waals surface area contributed by atoms with Gasteiger partial charge in [0.1, 0.15) is 0 Å². The van der Waals surface area contributed by atoms with Crippen molar-refractivity contribution in [1.29, 1.82) is 0 Å². The molecule has 0 saturated heterocycles. The van der Waals surface area contributed by atoms with Gasteiger partial charge in [0.05, 0.1) is 11.0 Å². The molecule has 0 unspecified atom stereocenters. The summed E-state index contributed by atoms with van der Waals surface area (Å²) in [4.78, 5) is 0. The molecule has 0 aliphatic heterocycles. The van der Waals surface area contributed by atoms with Gasteiger partial charge in [0.15, 0.2) is 0 Å². The van der Waals surface area contributed by atoms with Crippen molar-refractivity contribution >= 4 is 54.1 Å². The molecule has 256 valence electrons. The van der Waals surface area contributed by atoms with E-state index in [9.17, 15) is 0 Å². The van der Waals surface area contributed by atoms with Crippen molar-refractivity contribution < 1.29 is 0 Å². The Morgan fingerprint density at radius 3 is 1.40 bits per heavy atom. The molecule has 0 fully saturated rings. The van der Waals surface area contributed by atoms with E-state index < -0.39 is 0 Å². The summed E-state index contributed by atoms with van der Waals surface area (Å²) in [7, 11) is 0. The Balaban J connectivity index is 1.01. The van der Waals surface area contributed by atoms with Crippen LogP contribution < -0.4 is 0 Å². The third-order valence-electron chi connectivity index (χ3n) is 11.4. The zero-order valence-electron chi connectivity index (χ0n) is 30.2. The maximum atomic E-state index is 2.41. The molecular formula is C54H35N. The lowest BCUT2D eigenvalue weighted by Gasteiger charge is -2.18. The molecule has 1 heterocycles. The zero-order chi connectivity index (χ0) is 36.3. The quantitative estimate of drug-likeness (QED) is 0.158. The van der Waals surface area contributed by atoms with Crippen LogP contribution in [-0.2, 0) is 0 Å². The summed E-state index contributed by atoms with van der Waals surface area (Å²) in [6.07, 6.45) is 0. The number of benzene rings is 10. The maximum absolute atomic E-state index is 2.41. The normalized spacial score (nSPS) is 11.6. The summed E-state index contributed by atoms with van der Waals surface area (Å²) in [5.74, 6) is 0. The molecule has 0 aliphatic carbocycles. The molecule has 1 aromatic heterocycles. The monoisotopic (exact) mass is 697 g/mol. The van der Waals surface area contributed by atoms with Gasteiger partial charge in [-0.25, -0.2) is 0 Å². The smallest absolute Gasteiger partial charge is 0.0541 e. The fourth-order valence-electron chi connectivity index (χ4n) is 8.88. The van der Waals surface area contributed by atoms with Gasteiger partial charge in [0, 0.05) is 16.5 Å². The van der Waals surface area contributed by atoms with E-state index in [1.54, 1.807) is 0 Å². The first-order chi connectivity index (χ1) is 27.3. The predicted octanol–water partition coefficient (Wildman–Crippen LogP) is 14.9. The number of aromatic nitrogens is 1. The summed E-state index contributed by atoms with van der Waals surface area (Å²) in [6, 6.07) is 77.6. The van der Waals surface area contributed by atoms with Gasteiger partial charge < -0.3 is 4.57 Å². The molecule has 0 bridgehead atoms. The molecule has 0 radical (unpaired) electrons. The Hall–Kier alpha value is -7.22. The third-order valence-corrected chi connectivity index (χ3v) is 11.4. The van der Waals surface area contributed by atoms with Gasteiger partial charge in [-0.2, -0.15) is 0 Å². The Labute approximate surface area is 320 Å². The predicted molar refractivity (Wildman–Crippen MR) is 235 cm³/mol. The summed E-state index contributed by atoms with van der Waals surface area (Å²) in [5.41, 5.74) is 13.5. The van der Waals surface area contributed by atoms with E-state index in [2.05, 4.69) is 217 Å². The highest BCUT2D eigenvalue weighted by molar-refractivity contribution is 6.21. The van der Waals surface area contributed by atoms with Crippen LogP contribution in [0.1, 0.15) is 0 Å². The SMILES string of the molecule is c1ccc(-c2c3ccccc3c(-c3ccc(-n4c5ccccc5c5cc(-c6ccc(-c7cccc8ccccc78)cc6)ccc54)cc3)c3ccccc23)cc1. The van der Waals surface area contributed by atoms with E-state index in [0.717, 1.165) is 5.69 Å². The number of rotatable bonds is 5. The van der Waals surface area contributed by atoms with Crippen LogP contribution in [0.2, 0.25) is 0 Å². The van der Waals surface area contributed by atoms with Crippen LogP contribution in [0.5, 0.6) is 0 Å². The molecule has 0 spiro atoms. The van der Waals surface area contributed by atoms with Crippen LogP contribution in [0.4, 0.5) is 0 Å². The Morgan fingerprint density at radius 2 is 0.727 bits per heavy atom. The molecule has 0 amide bonds. The number of hydrogen-bond donors (Lipinski definition) is 0. The van der Waals surface area contributed by atoms with Crippen molar-refractivity contribution in [1.82, 2.24) is 4.57 Å². The number of nitrogens with zero attached hydrogens (tertiary/aromatic N) is 1. The molecule has 11 rings (SSSR count). The second kappa shape index (κ2) is 12.7. The van der Waals surface area contributed by atoms with Gasteiger partial charge in [0.25, 0.3) is 0 Å². The van der Waals surface area contributed by atoms with E-state index in [0.29, 0.717) is 0 Å². The maximum Gasteiger partial charge on any atom is 0.0541 e. The fraction of sp³-hybridized carbons (Fsp3) is 0. The van der Waals surface area contributed by atoms with Crippen LogP contribution in [0.3, 0.4) is 0 Å². The Kier molecular flexibility index (Phi) is 7.25. The second-order valence-corrected chi connectivity index (χ2v) is 14.4. The topological polar surface area (TPSA) is 4.93 Å². The lowest BCUT2D eigenvalue weighted by Crippen LogP contribution is -1.94. The van der Waals surface area contributed by atoms with Gasteiger partial charge in [-0.15, -0.1) is 0 Å². The van der Waals surface area contributed by atoms with Crippen LogP contribution in [0.15, 0.2) is 212 Å². The third kappa shape index (κ3) is 5.09. The van der Waals surface area contributed by atoms with Crippen LogP contribution >= 0.6 is 0 Å². The molecule has 1 heteroatoms. The molecular weight excluding hydrogens is 663 g/mol. The van der Waals surface area contributed by atoms with E-state index in [4.69, 9.17) is 0 Å². The first-order valence-electron chi connectivity index (χ1n) is 19.0. The molecule has 55 heavy (non-hydrogen) atoms. The van der Waals surface area contributed by atoms with Gasteiger partial charge >= 0.3 is 0 Å². The standard InChI is InChI=1S/C54H35N/c1-2-14-39(15-3-1)53-46-19-6-8-21-48(46)54(49-22-9-7-20-47(49)53)40-29-32-42(33-30-40)55-51-24-11-10-18-45(51)50-35-41(31-34-52(50)55)36-25-27-38(28-26-36)44-23-12-16-37-13-4-5-17-43(37)44/h1-35H. The molecule has 11 aromatic rings. The first kappa shape index (κ1) is 31.3. The average Bonchev–Trinajstić information content (AvgIpc) is 3.59. The zero-order valence-corrected chi connectivity index (χ0v) is 30.2. The van der Waals surface area contributed by atoms with Gasteiger partial charge in [-0.1, -0.05) is 182 Å². The molecule has 0 saturated carbocycles. The van der Waals surface area contributed by atoms with Gasteiger partial charge in [-0.05, 0) is 107 Å². The summed E-state index contributed by atoms with van der Waals surface area (Å²) >= 11 is 0. The van der Waals surface area contributed by atoms with Crippen LogP contribution in [-0.4, -0.2) is 4.57 Å². The van der Waals surface area contributed by atoms with E-state index >= 15 is 0 Å². The highest BCUT2D eigenvalue weighted by atomic mass is 15.0. The summed E-state index contributed by atoms with van der Waals surface area (Å²) < 4.78 is 2.41. The molecule has 0 N–H and O–H groups in total. The second-order valence-electron chi connectivity index (χ2n) is 14.4. The minimum atomic E-state index is 1.15.